The summed E-state index contributed by atoms with van der Waals surface area (Å²) in [6.45, 7) is 0. The fourth-order valence-corrected chi connectivity index (χ4v) is 2.99. The zero-order valence-electron chi connectivity index (χ0n) is 12.9. The van der Waals surface area contributed by atoms with Crippen LogP contribution in [-0.4, -0.2) is 31.0 Å². The molecule has 0 unspecified atom stereocenters. The van der Waals surface area contributed by atoms with E-state index in [2.05, 4.69) is 0 Å². The number of fused-ring (bicyclic) bond motifs is 1. The number of amides is 1. The SMILES string of the molecule is COc1ccccc1C(=O)C[C@]1(O)C(=O)N(C)c2ccccc21. The second-order valence-electron chi connectivity index (χ2n) is 5.54. The van der Waals surface area contributed by atoms with Crippen LogP contribution in [0.4, 0.5) is 5.69 Å². The van der Waals surface area contributed by atoms with Gasteiger partial charge < -0.3 is 14.7 Å². The number of anilines is 1. The molecule has 0 saturated carbocycles. The van der Waals surface area contributed by atoms with Crippen LogP contribution in [0.1, 0.15) is 22.3 Å². The number of benzene rings is 2. The summed E-state index contributed by atoms with van der Waals surface area (Å²) in [7, 11) is 3.07. The van der Waals surface area contributed by atoms with Crippen LogP contribution in [0.2, 0.25) is 0 Å². The number of likely N-dealkylation sites (N-methyl/N-ethyl adjacent to an activating group) is 1. The molecule has 118 valence electrons. The van der Waals surface area contributed by atoms with Gasteiger partial charge in [0.25, 0.3) is 5.91 Å². The lowest BCUT2D eigenvalue weighted by molar-refractivity contribution is -0.135. The zero-order valence-corrected chi connectivity index (χ0v) is 12.9. The molecule has 1 amide bonds. The number of ether oxygens (including phenoxy) is 1. The summed E-state index contributed by atoms with van der Waals surface area (Å²) in [5.41, 5.74) is -0.421. The van der Waals surface area contributed by atoms with Crippen molar-refractivity contribution in [1.82, 2.24) is 0 Å². The number of carbonyl (C=O) groups excluding carboxylic acids is 2. The molecule has 2 aromatic carbocycles. The van der Waals surface area contributed by atoms with Gasteiger partial charge in [-0.3, -0.25) is 9.59 Å². The van der Waals surface area contributed by atoms with Gasteiger partial charge in [-0.15, -0.1) is 0 Å². The molecular weight excluding hydrogens is 294 g/mol. The largest absolute Gasteiger partial charge is 0.496 e. The third-order valence-corrected chi connectivity index (χ3v) is 4.19. The summed E-state index contributed by atoms with van der Waals surface area (Å²) in [4.78, 5) is 26.5. The summed E-state index contributed by atoms with van der Waals surface area (Å²) in [5, 5.41) is 10.9. The molecular formula is C18H17NO4. The van der Waals surface area contributed by atoms with E-state index < -0.39 is 11.5 Å². The van der Waals surface area contributed by atoms with Gasteiger partial charge in [0.2, 0.25) is 0 Å². The fraction of sp³-hybridized carbons (Fsp3) is 0.222. The minimum atomic E-state index is -1.84. The first-order valence-corrected chi connectivity index (χ1v) is 7.25. The third kappa shape index (κ3) is 2.29. The second kappa shape index (κ2) is 5.52. The van der Waals surface area contributed by atoms with Gasteiger partial charge in [0.15, 0.2) is 11.4 Å². The Bertz CT molecular complexity index is 786. The summed E-state index contributed by atoms with van der Waals surface area (Å²) in [6.07, 6.45) is -0.326. The fourth-order valence-electron chi connectivity index (χ4n) is 2.99. The van der Waals surface area contributed by atoms with Crippen LogP contribution in [0.25, 0.3) is 0 Å². The Morgan fingerprint density at radius 2 is 1.83 bits per heavy atom. The Labute approximate surface area is 134 Å². The maximum absolute atomic E-state index is 12.6. The summed E-state index contributed by atoms with van der Waals surface area (Å²) in [6, 6.07) is 13.7. The van der Waals surface area contributed by atoms with E-state index in [4.69, 9.17) is 4.74 Å². The molecule has 5 nitrogen and oxygen atoms in total. The average Bonchev–Trinajstić information content (AvgIpc) is 2.77. The van der Waals surface area contributed by atoms with Gasteiger partial charge in [-0.25, -0.2) is 0 Å². The highest BCUT2D eigenvalue weighted by Gasteiger charge is 2.49. The smallest absolute Gasteiger partial charge is 0.263 e. The molecule has 0 aliphatic carbocycles. The highest BCUT2D eigenvalue weighted by atomic mass is 16.5. The molecule has 1 aliphatic heterocycles. The van der Waals surface area contributed by atoms with E-state index in [1.807, 2.05) is 0 Å². The van der Waals surface area contributed by atoms with E-state index in [0.29, 0.717) is 22.6 Å². The number of rotatable bonds is 4. The highest BCUT2D eigenvalue weighted by Crippen LogP contribution is 2.42. The molecule has 0 aromatic heterocycles. The molecule has 0 saturated heterocycles. The van der Waals surface area contributed by atoms with Crippen molar-refractivity contribution in [2.24, 2.45) is 0 Å². The molecule has 1 atom stereocenters. The maximum atomic E-state index is 12.6. The predicted molar refractivity (Wildman–Crippen MR) is 85.7 cm³/mol. The molecule has 1 N–H and O–H groups in total. The van der Waals surface area contributed by atoms with Gasteiger partial charge in [0.05, 0.1) is 24.8 Å². The van der Waals surface area contributed by atoms with Crippen LogP contribution in [0.5, 0.6) is 5.75 Å². The highest BCUT2D eigenvalue weighted by molar-refractivity contribution is 6.10. The molecule has 2 aromatic rings. The zero-order chi connectivity index (χ0) is 16.6. The number of aliphatic hydroxyl groups is 1. The number of ketones is 1. The van der Waals surface area contributed by atoms with Gasteiger partial charge >= 0.3 is 0 Å². The lowest BCUT2D eigenvalue weighted by Crippen LogP contribution is -2.40. The van der Waals surface area contributed by atoms with E-state index in [0.717, 1.165) is 0 Å². The molecule has 0 bridgehead atoms. The number of para-hydroxylation sites is 2. The van der Waals surface area contributed by atoms with Gasteiger partial charge in [0, 0.05) is 12.6 Å². The van der Waals surface area contributed by atoms with Crippen LogP contribution >= 0.6 is 0 Å². The van der Waals surface area contributed by atoms with Crippen LogP contribution in [0.15, 0.2) is 48.5 Å². The summed E-state index contributed by atoms with van der Waals surface area (Å²) < 4.78 is 5.18. The number of carbonyl (C=O) groups is 2. The van der Waals surface area contributed by atoms with Crippen LogP contribution in [0, 0.1) is 0 Å². The number of Topliss-reactive ketones (excluding diaryl/α,β-unsaturated/α-hetero) is 1. The number of hydrogen-bond donors (Lipinski definition) is 1. The van der Waals surface area contributed by atoms with Crippen LogP contribution in [-0.2, 0) is 10.4 Å². The number of nitrogens with zero attached hydrogens (tertiary/aromatic N) is 1. The van der Waals surface area contributed by atoms with E-state index >= 15 is 0 Å². The molecule has 5 heteroatoms. The van der Waals surface area contributed by atoms with E-state index in [-0.39, 0.29) is 12.2 Å². The van der Waals surface area contributed by atoms with Crippen molar-refractivity contribution in [2.75, 3.05) is 19.1 Å². The third-order valence-electron chi connectivity index (χ3n) is 4.19. The lowest BCUT2D eigenvalue weighted by Gasteiger charge is -2.21. The second-order valence-corrected chi connectivity index (χ2v) is 5.54. The number of methoxy groups -OCH3 is 1. The first-order valence-electron chi connectivity index (χ1n) is 7.25. The van der Waals surface area contributed by atoms with E-state index in [9.17, 15) is 14.7 Å². The maximum Gasteiger partial charge on any atom is 0.263 e. The number of hydrogen-bond acceptors (Lipinski definition) is 4. The van der Waals surface area contributed by atoms with Crippen LogP contribution < -0.4 is 9.64 Å². The van der Waals surface area contributed by atoms with Crippen molar-refractivity contribution in [3.05, 3.63) is 59.7 Å². The van der Waals surface area contributed by atoms with Gasteiger partial charge in [-0.1, -0.05) is 30.3 Å². The standard InChI is InChI=1S/C18H17NO4/c1-19-14-9-5-4-8-13(14)18(22,17(19)21)11-15(20)12-7-3-6-10-16(12)23-2/h3-10,22H,11H2,1-2H3/t18-/m1/s1. The summed E-state index contributed by atoms with van der Waals surface area (Å²) >= 11 is 0. The Kier molecular flexibility index (Phi) is 3.66. The topological polar surface area (TPSA) is 66.8 Å². The van der Waals surface area contributed by atoms with E-state index in [1.54, 1.807) is 55.6 Å². The molecule has 1 heterocycles. The molecule has 23 heavy (non-hydrogen) atoms. The van der Waals surface area contributed by atoms with E-state index in [1.165, 1.54) is 12.0 Å². The Hall–Kier alpha value is -2.66. The van der Waals surface area contributed by atoms with Gasteiger partial charge in [0.1, 0.15) is 5.75 Å². The normalized spacial score (nSPS) is 19.6. The average molecular weight is 311 g/mol. The lowest BCUT2D eigenvalue weighted by atomic mass is 9.88. The van der Waals surface area contributed by atoms with Crippen LogP contribution in [0.3, 0.4) is 0 Å². The Morgan fingerprint density at radius 1 is 1.17 bits per heavy atom. The van der Waals surface area contributed by atoms with Crippen molar-refractivity contribution in [3.8, 4) is 5.75 Å². The quantitative estimate of drug-likeness (QED) is 0.879. The predicted octanol–water partition coefficient (Wildman–Crippen LogP) is 2.13. The van der Waals surface area contributed by atoms with Crippen molar-refractivity contribution >= 4 is 17.4 Å². The summed E-state index contributed by atoms with van der Waals surface area (Å²) in [5.74, 6) is -0.418. The Balaban J connectivity index is 1.99. The van der Waals surface area contributed by atoms with Crippen molar-refractivity contribution < 1.29 is 19.4 Å². The minimum Gasteiger partial charge on any atom is -0.496 e. The molecule has 0 fully saturated rings. The molecule has 0 radical (unpaired) electrons. The van der Waals surface area contributed by atoms with Gasteiger partial charge in [-0.2, -0.15) is 0 Å². The van der Waals surface area contributed by atoms with Crippen molar-refractivity contribution in [2.45, 2.75) is 12.0 Å². The monoisotopic (exact) mass is 311 g/mol. The first kappa shape index (κ1) is 15.2. The molecule has 3 rings (SSSR count). The van der Waals surface area contributed by atoms with Crippen molar-refractivity contribution in [3.63, 3.8) is 0 Å². The van der Waals surface area contributed by atoms with Crippen molar-refractivity contribution in [1.29, 1.82) is 0 Å². The van der Waals surface area contributed by atoms with Gasteiger partial charge in [-0.05, 0) is 18.2 Å². The molecule has 0 spiro atoms. The Morgan fingerprint density at radius 3 is 2.57 bits per heavy atom. The minimum absolute atomic E-state index is 0.326. The molecule has 1 aliphatic rings. The first-order chi connectivity index (χ1) is 11.0.